The number of rotatable bonds is 6. The van der Waals surface area contributed by atoms with Crippen LogP contribution < -0.4 is 15.5 Å². The Morgan fingerprint density at radius 1 is 1.17 bits per heavy atom. The number of carbonyl (C=O) groups excluding carboxylic acids is 1. The molecule has 1 aromatic rings. The topological polar surface area (TPSA) is 79.4 Å². The van der Waals surface area contributed by atoms with Crippen LogP contribution in [0.3, 0.4) is 0 Å². The summed E-state index contributed by atoms with van der Waals surface area (Å²) in [6.07, 6.45) is 10.6. The number of hydrogen-bond donors (Lipinski definition) is 2. The van der Waals surface area contributed by atoms with Crippen molar-refractivity contribution in [2.45, 2.75) is 63.5 Å². The van der Waals surface area contributed by atoms with Gasteiger partial charge in [-0.05, 0) is 75.7 Å². The van der Waals surface area contributed by atoms with Crippen molar-refractivity contribution in [2.75, 3.05) is 43.1 Å². The third-order valence-electron chi connectivity index (χ3n) is 7.80. The Morgan fingerprint density at radius 3 is 2.80 bits per heavy atom. The zero-order chi connectivity index (χ0) is 20.3. The summed E-state index contributed by atoms with van der Waals surface area (Å²) < 4.78 is 5.54. The highest BCUT2D eigenvalue weighted by molar-refractivity contribution is 5.82. The van der Waals surface area contributed by atoms with Crippen molar-refractivity contribution in [3.8, 4) is 0 Å². The first-order chi connectivity index (χ1) is 14.8. The molecule has 7 heteroatoms. The van der Waals surface area contributed by atoms with Crippen LogP contribution in [-0.4, -0.2) is 61.4 Å². The molecule has 3 saturated heterocycles. The Balaban J connectivity index is 1.22. The molecule has 164 valence electrons. The van der Waals surface area contributed by atoms with E-state index in [-0.39, 0.29) is 0 Å². The normalized spacial score (nSPS) is 32.2. The van der Waals surface area contributed by atoms with Gasteiger partial charge in [-0.2, -0.15) is 0 Å². The fourth-order valence-corrected chi connectivity index (χ4v) is 6.20. The van der Waals surface area contributed by atoms with E-state index < -0.39 is 0 Å². The van der Waals surface area contributed by atoms with Crippen LogP contribution in [-0.2, 0) is 4.74 Å². The van der Waals surface area contributed by atoms with Crippen molar-refractivity contribution in [3.63, 3.8) is 0 Å². The number of piperidine rings is 1. The maximum absolute atomic E-state index is 11.5. The second kappa shape index (κ2) is 9.18. The summed E-state index contributed by atoms with van der Waals surface area (Å²) in [6, 6.07) is 3.15. The van der Waals surface area contributed by atoms with Crippen molar-refractivity contribution in [3.05, 3.63) is 11.8 Å². The standard InChI is InChI=1S/C23H35N5O2/c29-15-21-22(28-6-2-1-3-7-28)13-23(27-26-21)25-18-11-17-14-24-20(19(17)12-18)10-16-4-8-30-9-5-16/h13,15-20,24H,1-12,14H2,(H,25,27)/t17-,18+,19+,20+/m1/s1. The van der Waals surface area contributed by atoms with Gasteiger partial charge in [-0.1, -0.05) is 0 Å². The Kier molecular flexibility index (Phi) is 6.18. The summed E-state index contributed by atoms with van der Waals surface area (Å²) in [5, 5.41) is 16.0. The van der Waals surface area contributed by atoms with Crippen molar-refractivity contribution in [2.24, 2.45) is 17.8 Å². The number of hydrogen-bond acceptors (Lipinski definition) is 7. The van der Waals surface area contributed by atoms with Crippen LogP contribution >= 0.6 is 0 Å². The first-order valence-corrected chi connectivity index (χ1v) is 12.0. The molecular weight excluding hydrogens is 378 g/mol. The minimum absolute atomic E-state index is 0.449. The van der Waals surface area contributed by atoms with Gasteiger partial charge >= 0.3 is 0 Å². The van der Waals surface area contributed by atoms with Crippen molar-refractivity contribution >= 4 is 17.8 Å². The number of ether oxygens (including phenoxy) is 1. The maximum atomic E-state index is 11.5. The molecule has 4 heterocycles. The highest BCUT2D eigenvalue weighted by Gasteiger charge is 2.43. The van der Waals surface area contributed by atoms with E-state index in [0.29, 0.717) is 17.8 Å². The van der Waals surface area contributed by atoms with E-state index in [1.54, 1.807) is 0 Å². The second-order valence-electron chi connectivity index (χ2n) is 9.71. The zero-order valence-corrected chi connectivity index (χ0v) is 17.9. The lowest BCUT2D eigenvalue weighted by molar-refractivity contribution is 0.0594. The van der Waals surface area contributed by atoms with Crippen molar-refractivity contribution in [1.82, 2.24) is 15.5 Å². The Labute approximate surface area is 179 Å². The molecule has 0 unspecified atom stereocenters. The van der Waals surface area contributed by atoms with E-state index >= 15 is 0 Å². The molecule has 2 N–H and O–H groups in total. The molecule has 0 spiro atoms. The van der Waals surface area contributed by atoms with Crippen LogP contribution in [0.2, 0.25) is 0 Å². The highest BCUT2D eigenvalue weighted by Crippen LogP contribution is 2.41. The fourth-order valence-electron chi connectivity index (χ4n) is 6.20. The molecule has 5 rings (SSSR count). The molecule has 0 amide bonds. The number of aldehydes is 1. The number of nitrogens with zero attached hydrogens (tertiary/aromatic N) is 3. The minimum atomic E-state index is 0.449. The summed E-state index contributed by atoms with van der Waals surface area (Å²) in [4.78, 5) is 13.8. The van der Waals surface area contributed by atoms with Gasteiger partial charge in [-0.3, -0.25) is 4.79 Å². The van der Waals surface area contributed by atoms with Gasteiger partial charge in [0.15, 0.2) is 12.1 Å². The molecule has 4 fully saturated rings. The summed E-state index contributed by atoms with van der Waals surface area (Å²) in [5.74, 6) is 3.15. The Morgan fingerprint density at radius 2 is 2.00 bits per heavy atom. The number of fused-ring (bicyclic) bond motifs is 1. The van der Waals surface area contributed by atoms with E-state index in [9.17, 15) is 4.79 Å². The van der Waals surface area contributed by atoms with Gasteiger partial charge in [0.2, 0.25) is 0 Å². The predicted molar refractivity (Wildman–Crippen MR) is 117 cm³/mol. The predicted octanol–water partition coefficient (Wildman–Crippen LogP) is 2.87. The molecule has 7 nitrogen and oxygen atoms in total. The quantitative estimate of drug-likeness (QED) is 0.694. The lowest BCUT2D eigenvalue weighted by Crippen LogP contribution is -2.33. The second-order valence-corrected chi connectivity index (χ2v) is 9.71. The molecule has 4 atom stereocenters. The van der Waals surface area contributed by atoms with Crippen molar-refractivity contribution < 1.29 is 9.53 Å². The van der Waals surface area contributed by atoms with Crippen LogP contribution in [0.25, 0.3) is 0 Å². The van der Waals surface area contributed by atoms with Gasteiger partial charge in [-0.15, -0.1) is 10.2 Å². The molecule has 1 aliphatic carbocycles. The molecule has 0 radical (unpaired) electrons. The summed E-state index contributed by atoms with van der Waals surface area (Å²) in [5.41, 5.74) is 1.41. The summed E-state index contributed by atoms with van der Waals surface area (Å²) in [7, 11) is 0. The average molecular weight is 414 g/mol. The van der Waals surface area contributed by atoms with E-state index in [2.05, 4.69) is 25.7 Å². The maximum Gasteiger partial charge on any atom is 0.172 e. The summed E-state index contributed by atoms with van der Waals surface area (Å²) in [6.45, 7) is 5.01. The van der Waals surface area contributed by atoms with Crippen LogP contribution in [0.15, 0.2) is 6.07 Å². The molecule has 1 saturated carbocycles. The van der Waals surface area contributed by atoms with E-state index in [4.69, 9.17) is 4.74 Å². The molecule has 30 heavy (non-hydrogen) atoms. The molecule has 4 aliphatic rings. The lowest BCUT2D eigenvalue weighted by Gasteiger charge is -2.29. The van der Waals surface area contributed by atoms with E-state index in [1.807, 2.05) is 6.07 Å². The monoisotopic (exact) mass is 413 g/mol. The number of nitrogens with one attached hydrogen (secondary N) is 2. The zero-order valence-electron chi connectivity index (χ0n) is 17.9. The van der Waals surface area contributed by atoms with Crippen LogP contribution in [0, 0.1) is 17.8 Å². The van der Waals surface area contributed by atoms with Gasteiger partial charge in [0.1, 0.15) is 5.69 Å². The third-order valence-corrected chi connectivity index (χ3v) is 7.80. The largest absolute Gasteiger partial charge is 0.381 e. The first-order valence-electron chi connectivity index (χ1n) is 12.0. The van der Waals surface area contributed by atoms with Crippen molar-refractivity contribution in [1.29, 1.82) is 0 Å². The van der Waals surface area contributed by atoms with Gasteiger partial charge < -0.3 is 20.3 Å². The number of aromatic nitrogens is 2. The molecule has 0 bridgehead atoms. The van der Waals surface area contributed by atoms with Gasteiger partial charge in [0, 0.05) is 44.5 Å². The van der Waals surface area contributed by atoms with Crippen LogP contribution in [0.5, 0.6) is 0 Å². The third kappa shape index (κ3) is 4.33. The molecule has 0 aromatic carbocycles. The van der Waals surface area contributed by atoms with E-state index in [0.717, 1.165) is 68.4 Å². The van der Waals surface area contributed by atoms with Crippen LogP contribution in [0.4, 0.5) is 11.5 Å². The highest BCUT2D eigenvalue weighted by atomic mass is 16.5. The molecule has 1 aromatic heterocycles. The minimum Gasteiger partial charge on any atom is -0.381 e. The smallest absolute Gasteiger partial charge is 0.172 e. The van der Waals surface area contributed by atoms with Gasteiger partial charge in [0.25, 0.3) is 0 Å². The molecular formula is C23H35N5O2. The molecule has 3 aliphatic heterocycles. The average Bonchev–Trinajstić information content (AvgIpc) is 3.36. The van der Waals surface area contributed by atoms with E-state index in [1.165, 1.54) is 51.4 Å². The lowest BCUT2D eigenvalue weighted by atomic mass is 9.85. The Hall–Kier alpha value is -1.73. The van der Waals surface area contributed by atoms with Gasteiger partial charge in [-0.25, -0.2) is 0 Å². The van der Waals surface area contributed by atoms with Crippen LogP contribution in [0.1, 0.15) is 61.9 Å². The van der Waals surface area contributed by atoms with Gasteiger partial charge in [0.05, 0.1) is 5.69 Å². The Bertz CT molecular complexity index is 732. The first kappa shape index (κ1) is 20.2. The number of carbonyl (C=O) groups is 1. The fraction of sp³-hybridized carbons (Fsp3) is 0.783. The number of anilines is 2. The summed E-state index contributed by atoms with van der Waals surface area (Å²) >= 11 is 0. The SMILES string of the molecule is O=Cc1nnc(N[C@H]2C[C@@H]3CN[C@@H](CC4CCOCC4)[C@H]3C2)cc1N1CCCCC1.